The molecule has 0 unspecified atom stereocenters. The maximum Gasteiger partial charge on any atom is 0.417 e. The van der Waals surface area contributed by atoms with Crippen LogP contribution in [0.4, 0.5) is 28.8 Å². The highest BCUT2D eigenvalue weighted by atomic mass is 35.5. The number of amides is 4. The van der Waals surface area contributed by atoms with Crippen LogP contribution in [-0.4, -0.2) is 47.9 Å². The van der Waals surface area contributed by atoms with E-state index in [1.54, 1.807) is 13.8 Å². The molecule has 2 aromatic rings. The minimum atomic E-state index is -4.69. The summed E-state index contributed by atoms with van der Waals surface area (Å²) in [6, 6.07) is 1.20. The summed E-state index contributed by atoms with van der Waals surface area (Å²) >= 11 is 6.63. The maximum absolute atomic E-state index is 13.1. The lowest BCUT2D eigenvalue weighted by atomic mass is 10.0. The number of likely N-dealkylation sites (N-methyl/N-ethyl adjacent to an activating group) is 1. The lowest BCUT2D eigenvalue weighted by Gasteiger charge is -2.30. The first-order chi connectivity index (χ1) is 14.8. The fraction of sp³-hybridized carbons (Fsp3) is 0.368. The standard InChI is InChI=1S/C19H21ClF3N5O3S/c1-9(2)14(16(30)27-17-26-13(8-32-17)15(29)24-3)28(4)18(31)25-10-5-6-12(20)11(7-10)19(21,22)23/h5-9,14H,1-4H3,(H,24,29)(H,25,31)(H,26,27,30)/t14-/m0/s1. The van der Waals surface area contributed by atoms with Gasteiger partial charge in [-0.2, -0.15) is 13.2 Å². The number of halogens is 4. The first-order valence-corrected chi connectivity index (χ1v) is 10.5. The van der Waals surface area contributed by atoms with Crippen LogP contribution in [0.5, 0.6) is 0 Å². The molecule has 0 aliphatic carbocycles. The molecule has 1 aromatic heterocycles. The van der Waals surface area contributed by atoms with Crippen LogP contribution in [0.15, 0.2) is 23.6 Å². The van der Waals surface area contributed by atoms with Crippen LogP contribution < -0.4 is 16.0 Å². The summed E-state index contributed by atoms with van der Waals surface area (Å²) in [4.78, 5) is 42.2. The lowest BCUT2D eigenvalue weighted by Crippen LogP contribution is -2.49. The van der Waals surface area contributed by atoms with Crippen LogP contribution in [0, 0.1) is 5.92 Å². The smallest absolute Gasteiger partial charge is 0.354 e. The summed E-state index contributed by atoms with van der Waals surface area (Å²) < 4.78 is 39.2. The van der Waals surface area contributed by atoms with Gasteiger partial charge in [-0.15, -0.1) is 11.3 Å². The summed E-state index contributed by atoms with van der Waals surface area (Å²) in [5, 5.41) is 8.45. The van der Waals surface area contributed by atoms with Crippen LogP contribution in [0.3, 0.4) is 0 Å². The van der Waals surface area contributed by atoms with E-state index in [0.717, 1.165) is 22.3 Å². The van der Waals surface area contributed by atoms with E-state index in [-0.39, 0.29) is 22.4 Å². The quantitative estimate of drug-likeness (QED) is 0.560. The van der Waals surface area contributed by atoms with Crippen LogP contribution in [0.1, 0.15) is 29.9 Å². The minimum Gasteiger partial charge on any atom is -0.354 e. The second-order valence-corrected chi connectivity index (χ2v) is 8.29. The molecular formula is C19H21ClF3N5O3S. The first kappa shape index (κ1) is 25.4. The molecule has 3 N–H and O–H groups in total. The number of benzene rings is 1. The van der Waals surface area contributed by atoms with Crippen LogP contribution in [0.2, 0.25) is 5.02 Å². The number of carbonyl (C=O) groups is 3. The van der Waals surface area contributed by atoms with Crippen molar-refractivity contribution in [3.8, 4) is 0 Å². The van der Waals surface area contributed by atoms with E-state index in [4.69, 9.17) is 11.6 Å². The summed E-state index contributed by atoms with van der Waals surface area (Å²) in [6.07, 6.45) is -4.69. The molecule has 0 aliphatic heterocycles. The minimum absolute atomic E-state index is 0.128. The summed E-state index contributed by atoms with van der Waals surface area (Å²) in [7, 11) is 2.79. The fourth-order valence-electron chi connectivity index (χ4n) is 2.83. The average Bonchev–Trinajstić information content (AvgIpc) is 3.16. The Morgan fingerprint density at radius 1 is 1.19 bits per heavy atom. The number of carbonyl (C=O) groups excluding carboxylic acids is 3. The molecule has 4 amide bonds. The Balaban J connectivity index is 2.16. The highest BCUT2D eigenvalue weighted by Crippen LogP contribution is 2.36. The molecule has 0 bridgehead atoms. The van der Waals surface area contributed by atoms with Crippen molar-refractivity contribution in [3.05, 3.63) is 39.9 Å². The van der Waals surface area contributed by atoms with E-state index in [0.29, 0.717) is 6.07 Å². The van der Waals surface area contributed by atoms with Crippen molar-refractivity contribution >= 4 is 51.6 Å². The molecule has 0 fully saturated rings. The van der Waals surface area contributed by atoms with E-state index in [1.165, 1.54) is 25.5 Å². The Bertz CT molecular complexity index is 1010. The number of hydrogen-bond donors (Lipinski definition) is 3. The molecule has 1 aromatic carbocycles. The normalized spacial score (nSPS) is 12.3. The molecule has 13 heteroatoms. The molecule has 0 aliphatic rings. The number of anilines is 2. The van der Waals surface area contributed by atoms with Gasteiger partial charge < -0.3 is 20.9 Å². The Hall–Kier alpha value is -2.86. The van der Waals surface area contributed by atoms with Gasteiger partial charge in [-0.3, -0.25) is 9.59 Å². The fourth-order valence-corrected chi connectivity index (χ4v) is 3.75. The summed E-state index contributed by atoms with van der Waals surface area (Å²) in [5.74, 6) is -1.33. The van der Waals surface area contributed by atoms with Gasteiger partial charge in [0.25, 0.3) is 5.91 Å². The zero-order valence-electron chi connectivity index (χ0n) is 17.5. The number of nitrogens with zero attached hydrogens (tertiary/aromatic N) is 2. The Kier molecular flexibility index (Phi) is 8.07. The van der Waals surface area contributed by atoms with Gasteiger partial charge in [0.15, 0.2) is 5.13 Å². The van der Waals surface area contributed by atoms with Gasteiger partial charge in [-0.05, 0) is 24.1 Å². The number of hydrogen-bond acceptors (Lipinski definition) is 5. The highest BCUT2D eigenvalue weighted by Gasteiger charge is 2.34. The van der Waals surface area contributed by atoms with Gasteiger partial charge in [0, 0.05) is 25.2 Å². The topological polar surface area (TPSA) is 103 Å². The zero-order chi connectivity index (χ0) is 24.2. The average molecular weight is 492 g/mol. The number of aromatic nitrogens is 1. The monoisotopic (exact) mass is 491 g/mol. The SMILES string of the molecule is CNC(=O)c1csc(NC(=O)[C@H](C(C)C)N(C)C(=O)Nc2ccc(Cl)c(C(F)(F)F)c2)n1. The van der Waals surface area contributed by atoms with E-state index in [2.05, 4.69) is 20.9 Å². The first-order valence-electron chi connectivity index (χ1n) is 9.24. The van der Waals surface area contributed by atoms with E-state index in [1.807, 2.05) is 0 Å². The van der Waals surface area contributed by atoms with Crippen molar-refractivity contribution in [2.24, 2.45) is 5.92 Å². The van der Waals surface area contributed by atoms with E-state index >= 15 is 0 Å². The summed E-state index contributed by atoms with van der Waals surface area (Å²) in [6.45, 7) is 3.41. The Morgan fingerprint density at radius 3 is 2.41 bits per heavy atom. The van der Waals surface area contributed by atoms with Gasteiger partial charge >= 0.3 is 12.2 Å². The van der Waals surface area contributed by atoms with E-state index < -0.39 is 40.6 Å². The van der Waals surface area contributed by atoms with Gasteiger partial charge in [0.05, 0.1) is 10.6 Å². The molecule has 0 saturated heterocycles. The predicted octanol–water partition coefficient (Wildman–Crippen LogP) is 4.30. The van der Waals surface area contributed by atoms with Gasteiger partial charge in [0.1, 0.15) is 11.7 Å². The van der Waals surface area contributed by atoms with Crippen molar-refractivity contribution in [3.63, 3.8) is 0 Å². The Morgan fingerprint density at radius 2 is 1.84 bits per heavy atom. The van der Waals surface area contributed by atoms with Gasteiger partial charge in [0.2, 0.25) is 5.91 Å². The number of thiazole rings is 1. The predicted molar refractivity (Wildman–Crippen MR) is 116 cm³/mol. The lowest BCUT2D eigenvalue weighted by molar-refractivity contribution is -0.137. The molecule has 32 heavy (non-hydrogen) atoms. The second kappa shape index (κ2) is 10.2. The van der Waals surface area contributed by atoms with Crippen molar-refractivity contribution in [1.29, 1.82) is 0 Å². The van der Waals surface area contributed by atoms with Crippen molar-refractivity contribution in [1.82, 2.24) is 15.2 Å². The molecule has 1 heterocycles. The third-order valence-corrected chi connectivity index (χ3v) is 5.44. The number of urea groups is 1. The van der Waals surface area contributed by atoms with E-state index in [9.17, 15) is 27.6 Å². The molecule has 8 nitrogen and oxygen atoms in total. The largest absolute Gasteiger partial charge is 0.417 e. The third-order valence-electron chi connectivity index (χ3n) is 4.35. The van der Waals surface area contributed by atoms with Gasteiger partial charge in [-0.1, -0.05) is 25.4 Å². The molecule has 0 spiro atoms. The Labute approximate surface area is 191 Å². The molecule has 0 saturated carbocycles. The molecular weight excluding hydrogens is 471 g/mol. The number of rotatable bonds is 6. The molecule has 2 rings (SSSR count). The molecule has 0 radical (unpaired) electrons. The van der Waals surface area contributed by atoms with Crippen LogP contribution in [-0.2, 0) is 11.0 Å². The zero-order valence-corrected chi connectivity index (χ0v) is 19.1. The highest BCUT2D eigenvalue weighted by molar-refractivity contribution is 7.14. The maximum atomic E-state index is 13.1. The summed E-state index contributed by atoms with van der Waals surface area (Å²) in [5.41, 5.74) is -1.09. The molecule has 1 atom stereocenters. The van der Waals surface area contributed by atoms with Gasteiger partial charge in [-0.25, -0.2) is 9.78 Å². The van der Waals surface area contributed by atoms with Crippen molar-refractivity contribution in [2.75, 3.05) is 24.7 Å². The van der Waals surface area contributed by atoms with Crippen molar-refractivity contribution < 1.29 is 27.6 Å². The van der Waals surface area contributed by atoms with Crippen molar-refractivity contribution in [2.45, 2.75) is 26.1 Å². The number of nitrogens with one attached hydrogen (secondary N) is 3. The van der Waals surface area contributed by atoms with Crippen LogP contribution in [0.25, 0.3) is 0 Å². The number of alkyl halides is 3. The second-order valence-electron chi connectivity index (χ2n) is 7.03. The third kappa shape index (κ3) is 6.10. The van der Waals surface area contributed by atoms with Crippen LogP contribution >= 0.6 is 22.9 Å². The molecule has 174 valence electrons.